The first-order valence-electron chi connectivity index (χ1n) is 6.03. The minimum absolute atomic E-state index is 0.213. The lowest BCUT2D eigenvalue weighted by atomic mass is 10.0. The van der Waals surface area contributed by atoms with Crippen LogP contribution < -0.4 is 0 Å². The molecule has 0 fully saturated rings. The van der Waals surface area contributed by atoms with Crippen molar-refractivity contribution in [1.82, 2.24) is 0 Å². The molecule has 98 valence electrons. The van der Waals surface area contributed by atoms with Crippen molar-refractivity contribution in [3.63, 3.8) is 0 Å². The highest BCUT2D eigenvalue weighted by atomic mass is 32.2. The molecule has 0 N–H and O–H groups in total. The van der Waals surface area contributed by atoms with E-state index in [1.807, 2.05) is 18.2 Å². The molecular weight excluding hydrogens is 256 g/mol. The van der Waals surface area contributed by atoms with Crippen LogP contribution in [-0.4, -0.2) is 19.3 Å². The van der Waals surface area contributed by atoms with Crippen molar-refractivity contribution in [3.05, 3.63) is 54.1 Å². The van der Waals surface area contributed by atoms with Gasteiger partial charge in [0.1, 0.15) is 0 Å². The molecule has 2 nitrogen and oxygen atoms in total. The number of methoxy groups -OCH3 is 1. The molecule has 0 amide bonds. The van der Waals surface area contributed by atoms with E-state index in [0.29, 0.717) is 6.42 Å². The van der Waals surface area contributed by atoms with Gasteiger partial charge in [-0.1, -0.05) is 36.4 Å². The predicted molar refractivity (Wildman–Crippen MR) is 79.4 cm³/mol. The molecule has 0 saturated heterocycles. The second kappa shape index (κ2) is 6.43. The van der Waals surface area contributed by atoms with Crippen LogP contribution in [-0.2, 0) is 16.0 Å². The molecule has 0 bridgehead atoms. The summed E-state index contributed by atoms with van der Waals surface area (Å²) in [6, 6.07) is 16.4. The van der Waals surface area contributed by atoms with Crippen LogP contribution in [0.15, 0.2) is 53.4 Å². The highest BCUT2D eigenvalue weighted by Gasteiger charge is 2.04. The van der Waals surface area contributed by atoms with Gasteiger partial charge in [0.15, 0.2) is 0 Å². The van der Waals surface area contributed by atoms with Crippen molar-refractivity contribution in [2.45, 2.75) is 11.3 Å². The van der Waals surface area contributed by atoms with Crippen LogP contribution in [0.2, 0.25) is 0 Å². The fourth-order valence-electron chi connectivity index (χ4n) is 1.88. The fraction of sp³-hybridized carbons (Fsp3) is 0.188. The van der Waals surface area contributed by atoms with Gasteiger partial charge >= 0.3 is 5.97 Å². The average Bonchev–Trinajstić information content (AvgIpc) is 2.47. The molecule has 2 aromatic carbocycles. The first-order chi connectivity index (χ1) is 9.22. The van der Waals surface area contributed by atoms with Gasteiger partial charge in [0, 0.05) is 4.90 Å². The Kier molecular flexibility index (Phi) is 4.63. The monoisotopic (exact) mass is 272 g/mol. The Hall–Kier alpha value is -1.74. The van der Waals surface area contributed by atoms with Gasteiger partial charge in [-0.15, -0.1) is 11.8 Å². The van der Waals surface area contributed by atoms with Gasteiger partial charge in [-0.3, -0.25) is 4.79 Å². The molecular formula is C16H16O2S. The molecule has 0 unspecified atom stereocenters. The zero-order valence-corrected chi connectivity index (χ0v) is 11.9. The van der Waals surface area contributed by atoms with Crippen LogP contribution in [0.5, 0.6) is 0 Å². The second-order valence-electron chi connectivity index (χ2n) is 4.18. The highest BCUT2D eigenvalue weighted by molar-refractivity contribution is 7.98. The zero-order chi connectivity index (χ0) is 13.7. The molecule has 0 aliphatic carbocycles. The van der Waals surface area contributed by atoms with E-state index in [4.69, 9.17) is 0 Å². The van der Waals surface area contributed by atoms with Crippen LogP contribution >= 0.6 is 11.8 Å². The summed E-state index contributed by atoms with van der Waals surface area (Å²) >= 11 is 1.73. The van der Waals surface area contributed by atoms with Crippen LogP contribution in [0, 0.1) is 0 Å². The lowest BCUT2D eigenvalue weighted by Crippen LogP contribution is -2.04. The number of ether oxygens (including phenoxy) is 1. The zero-order valence-electron chi connectivity index (χ0n) is 11.1. The first-order valence-corrected chi connectivity index (χ1v) is 7.25. The van der Waals surface area contributed by atoms with Crippen LogP contribution in [0.3, 0.4) is 0 Å². The SMILES string of the molecule is COC(=O)Cc1cccc(-c2ccc(SC)cc2)c1. The van der Waals surface area contributed by atoms with E-state index in [2.05, 4.69) is 41.3 Å². The van der Waals surface area contributed by atoms with Crippen molar-refractivity contribution >= 4 is 17.7 Å². The Balaban J connectivity index is 2.24. The van der Waals surface area contributed by atoms with Crippen LogP contribution in [0.1, 0.15) is 5.56 Å². The topological polar surface area (TPSA) is 26.3 Å². The van der Waals surface area contributed by atoms with E-state index in [-0.39, 0.29) is 5.97 Å². The lowest BCUT2D eigenvalue weighted by molar-refractivity contribution is -0.139. The number of carbonyl (C=O) groups is 1. The summed E-state index contributed by atoms with van der Waals surface area (Å²) < 4.78 is 4.69. The summed E-state index contributed by atoms with van der Waals surface area (Å²) in [7, 11) is 1.41. The number of thioether (sulfide) groups is 1. The molecule has 0 aromatic heterocycles. The van der Waals surface area contributed by atoms with Crippen LogP contribution in [0.25, 0.3) is 11.1 Å². The van der Waals surface area contributed by atoms with Crippen molar-refractivity contribution < 1.29 is 9.53 Å². The first kappa shape index (κ1) is 13.7. The smallest absolute Gasteiger partial charge is 0.309 e. The molecule has 2 rings (SSSR count). The number of hydrogen-bond acceptors (Lipinski definition) is 3. The minimum atomic E-state index is -0.213. The molecule has 19 heavy (non-hydrogen) atoms. The van der Waals surface area contributed by atoms with Crippen molar-refractivity contribution in [2.24, 2.45) is 0 Å². The van der Waals surface area contributed by atoms with Gasteiger partial charge in [0.25, 0.3) is 0 Å². The maximum absolute atomic E-state index is 11.3. The van der Waals surface area contributed by atoms with E-state index in [0.717, 1.165) is 16.7 Å². The van der Waals surface area contributed by atoms with Gasteiger partial charge in [0.05, 0.1) is 13.5 Å². The molecule has 0 aliphatic rings. The summed E-state index contributed by atoms with van der Waals surface area (Å²) in [5.74, 6) is -0.213. The summed E-state index contributed by atoms with van der Waals surface area (Å²) in [5.41, 5.74) is 3.25. The van der Waals surface area contributed by atoms with E-state index in [9.17, 15) is 4.79 Å². The molecule has 2 aromatic rings. The minimum Gasteiger partial charge on any atom is -0.469 e. The molecule has 3 heteroatoms. The Morgan fingerprint density at radius 3 is 2.47 bits per heavy atom. The van der Waals surface area contributed by atoms with Crippen LogP contribution in [0.4, 0.5) is 0 Å². The Morgan fingerprint density at radius 2 is 1.84 bits per heavy atom. The molecule has 0 saturated carbocycles. The number of hydrogen-bond donors (Lipinski definition) is 0. The molecule has 0 aliphatic heterocycles. The van der Waals surface area contributed by atoms with Gasteiger partial charge in [-0.05, 0) is 35.1 Å². The summed E-state index contributed by atoms with van der Waals surface area (Å²) in [6.45, 7) is 0. The van der Waals surface area contributed by atoms with Crippen molar-refractivity contribution in [1.29, 1.82) is 0 Å². The van der Waals surface area contributed by atoms with Crippen molar-refractivity contribution in [3.8, 4) is 11.1 Å². The third kappa shape index (κ3) is 3.61. The number of carbonyl (C=O) groups excluding carboxylic acids is 1. The van der Waals surface area contributed by atoms with Gasteiger partial charge < -0.3 is 4.74 Å². The van der Waals surface area contributed by atoms with E-state index in [1.165, 1.54) is 12.0 Å². The Morgan fingerprint density at radius 1 is 1.11 bits per heavy atom. The molecule has 0 heterocycles. The standard InChI is InChI=1S/C16H16O2S/c1-18-16(17)11-12-4-3-5-14(10-12)13-6-8-15(19-2)9-7-13/h3-10H,11H2,1-2H3. The third-order valence-electron chi connectivity index (χ3n) is 2.93. The van der Waals surface area contributed by atoms with E-state index >= 15 is 0 Å². The predicted octanol–water partition coefficient (Wildman–Crippen LogP) is 3.79. The maximum atomic E-state index is 11.3. The van der Waals surface area contributed by atoms with Crippen molar-refractivity contribution in [2.75, 3.05) is 13.4 Å². The Bertz CT molecular complexity index is 561. The third-order valence-corrected chi connectivity index (χ3v) is 3.67. The fourth-order valence-corrected chi connectivity index (χ4v) is 2.29. The maximum Gasteiger partial charge on any atom is 0.309 e. The van der Waals surface area contributed by atoms with Gasteiger partial charge in [-0.2, -0.15) is 0 Å². The second-order valence-corrected chi connectivity index (χ2v) is 5.06. The molecule has 0 atom stereocenters. The largest absolute Gasteiger partial charge is 0.469 e. The number of benzene rings is 2. The van der Waals surface area contributed by atoms with Gasteiger partial charge in [0.2, 0.25) is 0 Å². The molecule has 0 spiro atoms. The normalized spacial score (nSPS) is 10.2. The van der Waals surface area contributed by atoms with E-state index < -0.39 is 0 Å². The van der Waals surface area contributed by atoms with Gasteiger partial charge in [-0.25, -0.2) is 0 Å². The summed E-state index contributed by atoms with van der Waals surface area (Å²) in [4.78, 5) is 12.5. The Labute approximate surface area is 117 Å². The van der Waals surface area contributed by atoms with E-state index in [1.54, 1.807) is 11.8 Å². The lowest BCUT2D eigenvalue weighted by Gasteiger charge is -2.06. The highest BCUT2D eigenvalue weighted by Crippen LogP contribution is 2.24. The number of esters is 1. The number of rotatable bonds is 4. The average molecular weight is 272 g/mol. The summed E-state index contributed by atoms with van der Waals surface area (Å²) in [6.07, 6.45) is 2.37. The summed E-state index contributed by atoms with van der Waals surface area (Å²) in [5, 5.41) is 0. The molecule has 0 radical (unpaired) electrons. The quantitative estimate of drug-likeness (QED) is 0.625.